The van der Waals surface area contributed by atoms with Gasteiger partial charge in [0.15, 0.2) is 11.5 Å². The maximum Gasteiger partial charge on any atom is 0.162 e. The SMILES string of the molecule is CCOc1cccc([C@H](N)CCF)c1O.Cl. The maximum atomic E-state index is 12.1. The van der Waals surface area contributed by atoms with Crippen LogP contribution in [0, 0.1) is 0 Å². The second-order valence-electron chi connectivity index (χ2n) is 3.21. The number of aromatic hydroxyl groups is 1. The second kappa shape index (κ2) is 7.30. The predicted molar refractivity (Wildman–Crippen MR) is 64.0 cm³/mol. The Kier molecular flexibility index (Phi) is 6.85. The van der Waals surface area contributed by atoms with E-state index in [9.17, 15) is 9.50 Å². The summed E-state index contributed by atoms with van der Waals surface area (Å²) >= 11 is 0. The molecule has 0 radical (unpaired) electrons. The van der Waals surface area contributed by atoms with Crippen LogP contribution in [-0.4, -0.2) is 18.4 Å². The lowest BCUT2D eigenvalue weighted by molar-refractivity contribution is 0.315. The van der Waals surface area contributed by atoms with E-state index in [0.29, 0.717) is 17.9 Å². The van der Waals surface area contributed by atoms with Crippen LogP contribution >= 0.6 is 12.4 Å². The van der Waals surface area contributed by atoms with Crippen LogP contribution in [0.3, 0.4) is 0 Å². The zero-order valence-corrected chi connectivity index (χ0v) is 9.97. The smallest absolute Gasteiger partial charge is 0.162 e. The lowest BCUT2D eigenvalue weighted by Gasteiger charge is -2.14. The molecule has 0 saturated carbocycles. The Hall–Kier alpha value is -1.00. The van der Waals surface area contributed by atoms with Gasteiger partial charge in [0, 0.05) is 11.6 Å². The minimum Gasteiger partial charge on any atom is -0.504 e. The van der Waals surface area contributed by atoms with Crippen molar-refractivity contribution in [1.29, 1.82) is 0 Å². The number of nitrogens with two attached hydrogens (primary N) is 1. The molecular formula is C11H17ClFNO2. The lowest BCUT2D eigenvalue weighted by Crippen LogP contribution is -2.11. The number of rotatable bonds is 5. The molecule has 0 aromatic heterocycles. The summed E-state index contributed by atoms with van der Waals surface area (Å²) in [6, 6.07) is 4.58. The number of phenolic OH excluding ortho intramolecular Hbond substituents is 1. The van der Waals surface area contributed by atoms with Crippen LogP contribution in [0.5, 0.6) is 11.5 Å². The van der Waals surface area contributed by atoms with E-state index >= 15 is 0 Å². The highest BCUT2D eigenvalue weighted by molar-refractivity contribution is 5.85. The number of hydrogen-bond donors (Lipinski definition) is 2. The topological polar surface area (TPSA) is 55.5 Å². The van der Waals surface area contributed by atoms with Crippen molar-refractivity contribution >= 4 is 12.4 Å². The highest BCUT2D eigenvalue weighted by Gasteiger charge is 2.13. The third-order valence-electron chi connectivity index (χ3n) is 2.15. The number of alkyl halides is 1. The Morgan fingerprint density at radius 1 is 1.50 bits per heavy atom. The molecule has 1 rings (SSSR count). The van der Waals surface area contributed by atoms with Gasteiger partial charge in [0.05, 0.1) is 13.3 Å². The van der Waals surface area contributed by atoms with Crippen molar-refractivity contribution in [2.75, 3.05) is 13.3 Å². The van der Waals surface area contributed by atoms with Crippen molar-refractivity contribution in [2.45, 2.75) is 19.4 Å². The van der Waals surface area contributed by atoms with Gasteiger partial charge < -0.3 is 15.6 Å². The molecule has 1 aromatic rings. The fourth-order valence-electron chi connectivity index (χ4n) is 1.38. The van der Waals surface area contributed by atoms with Gasteiger partial charge in [-0.1, -0.05) is 12.1 Å². The first-order chi connectivity index (χ1) is 7.20. The lowest BCUT2D eigenvalue weighted by atomic mass is 10.0. The molecule has 3 N–H and O–H groups in total. The molecular weight excluding hydrogens is 233 g/mol. The zero-order chi connectivity index (χ0) is 11.3. The molecule has 0 amide bonds. The van der Waals surface area contributed by atoms with Gasteiger partial charge in [0.1, 0.15) is 0 Å². The second-order valence-corrected chi connectivity index (χ2v) is 3.21. The molecule has 0 fully saturated rings. The third-order valence-corrected chi connectivity index (χ3v) is 2.15. The molecule has 0 spiro atoms. The van der Waals surface area contributed by atoms with Gasteiger partial charge in [0.2, 0.25) is 0 Å². The normalized spacial score (nSPS) is 11.7. The minimum absolute atomic E-state index is 0. The van der Waals surface area contributed by atoms with Crippen molar-refractivity contribution < 1.29 is 14.2 Å². The van der Waals surface area contributed by atoms with Gasteiger partial charge in [-0.25, -0.2) is 0 Å². The molecule has 92 valence electrons. The van der Waals surface area contributed by atoms with E-state index in [0.717, 1.165) is 0 Å². The Morgan fingerprint density at radius 2 is 2.19 bits per heavy atom. The summed E-state index contributed by atoms with van der Waals surface area (Å²) in [5.41, 5.74) is 6.24. The van der Waals surface area contributed by atoms with Gasteiger partial charge in [0.25, 0.3) is 0 Å². The molecule has 0 aliphatic heterocycles. The van der Waals surface area contributed by atoms with Gasteiger partial charge in [-0.05, 0) is 19.4 Å². The molecule has 0 unspecified atom stereocenters. The number of hydrogen-bond acceptors (Lipinski definition) is 3. The van der Waals surface area contributed by atoms with Crippen molar-refractivity contribution in [3.05, 3.63) is 23.8 Å². The Labute approximate surface area is 101 Å². The molecule has 5 heteroatoms. The standard InChI is InChI=1S/C11H16FNO2.ClH/c1-2-15-10-5-3-4-8(11(10)14)9(13)6-7-12;/h3-5,9,14H,2,6-7,13H2,1H3;1H/t9-;/m1./s1. The van der Waals surface area contributed by atoms with Gasteiger partial charge in [-0.2, -0.15) is 0 Å². The van der Waals surface area contributed by atoms with E-state index in [4.69, 9.17) is 10.5 Å². The average Bonchev–Trinajstić information content (AvgIpc) is 2.22. The van der Waals surface area contributed by atoms with E-state index in [1.54, 1.807) is 18.2 Å². The average molecular weight is 250 g/mol. The first kappa shape index (κ1) is 15.0. The highest BCUT2D eigenvalue weighted by atomic mass is 35.5. The largest absolute Gasteiger partial charge is 0.504 e. The van der Waals surface area contributed by atoms with Gasteiger partial charge in [-0.3, -0.25) is 4.39 Å². The third kappa shape index (κ3) is 3.54. The maximum absolute atomic E-state index is 12.1. The first-order valence-electron chi connectivity index (χ1n) is 4.97. The summed E-state index contributed by atoms with van der Waals surface area (Å²) in [6.07, 6.45) is 0.198. The molecule has 0 saturated heterocycles. The highest BCUT2D eigenvalue weighted by Crippen LogP contribution is 2.33. The van der Waals surface area contributed by atoms with Crippen molar-refractivity contribution in [2.24, 2.45) is 5.73 Å². The molecule has 0 heterocycles. The minimum atomic E-state index is -0.501. The predicted octanol–water partition coefficient (Wildman–Crippen LogP) is 2.57. The van der Waals surface area contributed by atoms with E-state index in [1.165, 1.54) is 0 Å². The quantitative estimate of drug-likeness (QED) is 0.843. The van der Waals surface area contributed by atoms with E-state index in [1.807, 2.05) is 6.92 Å². The first-order valence-corrected chi connectivity index (χ1v) is 4.97. The van der Waals surface area contributed by atoms with Crippen LogP contribution in [0.4, 0.5) is 4.39 Å². The van der Waals surface area contributed by atoms with E-state index < -0.39 is 12.7 Å². The van der Waals surface area contributed by atoms with Crippen LogP contribution in [0.2, 0.25) is 0 Å². The number of ether oxygens (including phenoxy) is 1. The Balaban J connectivity index is 0.00000225. The van der Waals surface area contributed by atoms with E-state index in [-0.39, 0.29) is 24.6 Å². The Bertz CT molecular complexity index is 323. The molecule has 0 bridgehead atoms. The Morgan fingerprint density at radius 3 is 2.75 bits per heavy atom. The fourth-order valence-corrected chi connectivity index (χ4v) is 1.38. The van der Waals surface area contributed by atoms with Gasteiger partial charge in [-0.15, -0.1) is 12.4 Å². The van der Waals surface area contributed by atoms with Crippen LogP contribution in [0.15, 0.2) is 18.2 Å². The van der Waals surface area contributed by atoms with Gasteiger partial charge >= 0.3 is 0 Å². The van der Waals surface area contributed by atoms with E-state index in [2.05, 4.69) is 0 Å². The van der Waals surface area contributed by atoms with Crippen LogP contribution in [0.1, 0.15) is 24.9 Å². The molecule has 1 atom stereocenters. The number of para-hydroxylation sites is 1. The molecule has 1 aromatic carbocycles. The summed E-state index contributed by atoms with van der Waals surface area (Å²) < 4.78 is 17.3. The number of halogens is 2. The molecule has 3 nitrogen and oxygen atoms in total. The molecule has 0 aliphatic carbocycles. The van der Waals surface area contributed by atoms with Crippen molar-refractivity contribution in [3.8, 4) is 11.5 Å². The van der Waals surface area contributed by atoms with Crippen LogP contribution in [-0.2, 0) is 0 Å². The summed E-state index contributed by atoms with van der Waals surface area (Å²) in [4.78, 5) is 0. The summed E-state index contributed by atoms with van der Waals surface area (Å²) in [5.74, 6) is 0.407. The zero-order valence-electron chi connectivity index (χ0n) is 9.15. The van der Waals surface area contributed by atoms with Crippen LogP contribution in [0.25, 0.3) is 0 Å². The summed E-state index contributed by atoms with van der Waals surface area (Å²) in [6.45, 7) is 1.79. The van der Waals surface area contributed by atoms with Crippen molar-refractivity contribution in [3.63, 3.8) is 0 Å². The molecule has 0 aliphatic rings. The van der Waals surface area contributed by atoms with Crippen LogP contribution < -0.4 is 10.5 Å². The molecule has 16 heavy (non-hydrogen) atoms. The van der Waals surface area contributed by atoms with Crippen molar-refractivity contribution in [1.82, 2.24) is 0 Å². The number of phenols is 1. The fraction of sp³-hybridized carbons (Fsp3) is 0.455. The summed E-state index contributed by atoms with van der Waals surface area (Å²) in [5, 5.41) is 9.79. The number of benzene rings is 1. The monoisotopic (exact) mass is 249 g/mol. The summed E-state index contributed by atoms with van der Waals surface area (Å²) in [7, 11) is 0.